The number of aromatic nitrogens is 1. The van der Waals surface area contributed by atoms with E-state index >= 15 is 0 Å². The normalized spacial score (nSPS) is 11.1. The molecule has 0 fully saturated rings. The van der Waals surface area contributed by atoms with Gasteiger partial charge in [0.1, 0.15) is 11.5 Å². The largest absolute Gasteiger partial charge is 0.497 e. The maximum Gasteiger partial charge on any atom is 0.258 e. The van der Waals surface area contributed by atoms with Gasteiger partial charge in [0.25, 0.3) is 5.56 Å². The van der Waals surface area contributed by atoms with Gasteiger partial charge in [0, 0.05) is 20.1 Å². The molecule has 0 spiro atoms. The third-order valence-electron chi connectivity index (χ3n) is 6.78. The first-order valence-corrected chi connectivity index (χ1v) is 12.7. The average Bonchev–Trinajstić information content (AvgIpc) is 2.96. The Morgan fingerprint density at radius 2 is 1.53 bits per heavy atom. The molecule has 0 aliphatic rings. The summed E-state index contributed by atoms with van der Waals surface area (Å²) >= 11 is 0. The third kappa shape index (κ3) is 6.29. The third-order valence-corrected chi connectivity index (χ3v) is 6.78. The van der Waals surface area contributed by atoms with Gasteiger partial charge in [-0.25, -0.2) is 0 Å². The maximum absolute atomic E-state index is 12.9. The van der Waals surface area contributed by atoms with Gasteiger partial charge in [-0.15, -0.1) is 0 Å². The van der Waals surface area contributed by atoms with Crippen molar-refractivity contribution in [2.24, 2.45) is 7.05 Å². The number of nitrogens with zero attached hydrogens (tertiary/aromatic N) is 2. The van der Waals surface area contributed by atoms with Crippen molar-refractivity contribution in [3.05, 3.63) is 82.6 Å². The standard InChI is InChI=1S/C31H36N2O5/c1-32(17-15-22-7-14-29(36-4)30(19-22)37-5)16-6-18-38-25-11-8-23(9-12-25)28-20-24-10-13-26(35-3)21-27(24)31(34)33(28)2/h7-14,19-21H,6,15-18H2,1-5H3. The van der Waals surface area contributed by atoms with Crippen molar-refractivity contribution in [1.82, 2.24) is 9.47 Å². The fraction of sp³-hybridized carbons (Fsp3) is 0.323. The van der Waals surface area contributed by atoms with E-state index in [1.807, 2.05) is 54.6 Å². The summed E-state index contributed by atoms with van der Waals surface area (Å²) in [4.78, 5) is 15.2. The molecule has 0 radical (unpaired) electrons. The number of ether oxygens (including phenoxy) is 4. The average molecular weight is 517 g/mol. The van der Waals surface area contributed by atoms with Gasteiger partial charge in [-0.1, -0.05) is 12.1 Å². The molecule has 7 heteroatoms. The number of hydrogen-bond acceptors (Lipinski definition) is 6. The highest BCUT2D eigenvalue weighted by Gasteiger charge is 2.10. The lowest BCUT2D eigenvalue weighted by molar-refractivity contribution is 0.264. The molecule has 0 aliphatic heterocycles. The molecule has 0 unspecified atom stereocenters. The molecule has 0 atom stereocenters. The predicted octanol–water partition coefficient (Wildman–Crippen LogP) is 5.17. The van der Waals surface area contributed by atoms with Crippen LogP contribution in [-0.4, -0.2) is 57.5 Å². The molecule has 0 saturated heterocycles. The number of pyridine rings is 1. The number of fused-ring (bicyclic) bond motifs is 1. The molecular weight excluding hydrogens is 480 g/mol. The summed E-state index contributed by atoms with van der Waals surface area (Å²) in [6.07, 6.45) is 1.86. The van der Waals surface area contributed by atoms with E-state index in [9.17, 15) is 4.79 Å². The molecule has 7 nitrogen and oxygen atoms in total. The van der Waals surface area contributed by atoms with Gasteiger partial charge >= 0.3 is 0 Å². The molecule has 0 amide bonds. The van der Waals surface area contributed by atoms with E-state index in [0.29, 0.717) is 17.7 Å². The second-order valence-corrected chi connectivity index (χ2v) is 9.32. The smallest absolute Gasteiger partial charge is 0.258 e. The van der Waals surface area contributed by atoms with Gasteiger partial charge in [0.15, 0.2) is 11.5 Å². The lowest BCUT2D eigenvalue weighted by atomic mass is 10.1. The maximum atomic E-state index is 12.9. The monoisotopic (exact) mass is 516 g/mol. The Balaban J connectivity index is 1.28. The van der Waals surface area contributed by atoms with Crippen LogP contribution in [0, 0.1) is 0 Å². The van der Waals surface area contributed by atoms with Crippen molar-refractivity contribution >= 4 is 10.8 Å². The summed E-state index contributed by atoms with van der Waals surface area (Å²) in [6, 6.07) is 21.6. The molecule has 38 heavy (non-hydrogen) atoms. The molecular formula is C31H36N2O5. The molecule has 3 aromatic carbocycles. The lowest BCUT2D eigenvalue weighted by Gasteiger charge is -2.17. The van der Waals surface area contributed by atoms with Crippen LogP contribution < -0.4 is 24.5 Å². The SMILES string of the molecule is COc1ccc2cc(-c3ccc(OCCCN(C)CCc4ccc(OC)c(OC)c4)cc3)n(C)c(=O)c2c1. The van der Waals surface area contributed by atoms with Crippen LogP contribution in [0.1, 0.15) is 12.0 Å². The Hall–Kier alpha value is -3.97. The van der Waals surface area contributed by atoms with E-state index < -0.39 is 0 Å². The Labute approximate surface area is 224 Å². The lowest BCUT2D eigenvalue weighted by Crippen LogP contribution is -2.23. The molecule has 0 N–H and O–H groups in total. The zero-order chi connectivity index (χ0) is 27.1. The van der Waals surface area contributed by atoms with E-state index in [0.717, 1.165) is 59.8 Å². The number of methoxy groups -OCH3 is 3. The van der Waals surface area contributed by atoms with Gasteiger partial charge in [0.05, 0.1) is 39.0 Å². The molecule has 1 aromatic heterocycles. The summed E-state index contributed by atoms with van der Waals surface area (Å²) in [5.74, 6) is 3.00. The van der Waals surface area contributed by atoms with Crippen LogP contribution in [0.25, 0.3) is 22.0 Å². The van der Waals surface area contributed by atoms with Crippen molar-refractivity contribution in [2.75, 3.05) is 48.1 Å². The molecule has 0 bridgehead atoms. The second-order valence-electron chi connectivity index (χ2n) is 9.32. The van der Waals surface area contributed by atoms with E-state index in [2.05, 4.69) is 18.0 Å². The number of rotatable bonds is 12. The summed E-state index contributed by atoms with van der Waals surface area (Å²) < 4.78 is 23.6. The minimum Gasteiger partial charge on any atom is -0.497 e. The van der Waals surface area contributed by atoms with Crippen LogP contribution in [-0.2, 0) is 13.5 Å². The molecule has 4 rings (SSSR count). The molecule has 0 saturated carbocycles. The Bertz CT molecular complexity index is 1430. The topological polar surface area (TPSA) is 62.2 Å². The van der Waals surface area contributed by atoms with Crippen molar-refractivity contribution in [2.45, 2.75) is 12.8 Å². The quantitative estimate of drug-likeness (QED) is 0.242. The molecule has 1 heterocycles. The zero-order valence-corrected chi connectivity index (χ0v) is 22.8. The highest BCUT2D eigenvalue weighted by Crippen LogP contribution is 2.28. The van der Waals surface area contributed by atoms with Crippen molar-refractivity contribution in [3.63, 3.8) is 0 Å². The summed E-state index contributed by atoms with van der Waals surface area (Å²) in [6.45, 7) is 2.52. The number of benzene rings is 3. The molecule has 0 aliphatic carbocycles. The van der Waals surface area contributed by atoms with Crippen LogP contribution in [0.5, 0.6) is 23.0 Å². The Morgan fingerprint density at radius 1 is 0.789 bits per heavy atom. The summed E-state index contributed by atoms with van der Waals surface area (Å²) in [7, 11) is 8.82. The Kier molecular flexibility index (Phi) is 8.92. The second kappa shape index (κ2) is 12.5. The zero-order valence-electron chi connectivity index (χ0n) is 22.8. The molecule has 200 valence electrons. The van der Waals surface area contributed by atoms with E-state index in [-0.39, 0.29) is 5.56 Å². The fourth-order valence-electron chi connectivity index (χ4n) is 4.50. The van der Waals surface area contributed by atoms with E-state index in [1.54, 1.807) is 39.0 Å². The van der Waals surface area contributed by atoms with Crippen LogP contribution >= 0.6 is 0 Å². The molecule has 4 aromatic rings. The van der Waals surface area contributed by atoms with Crippen LogP contribution in [0.3, 0.4) is 0 Å². The minimum absolute atomic E-state index is 0.0491. The first-order chi connectivity index (χ1) is 18.4. The number of likely N-dealkylation sites (N-methyl/N-ethyl adjacent to an activating group) is 1. The Morgan fingerprint density at radius 3 is 2.24 bits per heavy atom. The first-order valence-electron chi connectivity index (χ1n) is 12.7. The number of hydrogen-bond donors (Lipinski definition) is 0. The minimum atomic E-state index is -0.0491. The van der Waals surface area contributed by atoms with Crippen LogP contribution in [0.2, 0.25) is 0 Å². The van der Waals surface area contributed by atoms with Gasteiger partial charge < -0.3 is 28.4 Å². The van der Waals surface area contributed by atoms with Crippen molar-refractivity contribution < 1.29 is 18.9 Å². The van der Waals surface area contributed by atoms with Gasteiger partial charge in [0.2, 0.25) is 0 Å². The van der Waals surface area contributed by atoms with Gasteiger partial charge in [-0.3, -0.25) is 4.79 Å². The van der Waals surface area contributed by atoms with Gasteiger partial charge in [-0.05, 0) is 91.0 Å². The highest BCUT2D eigenvalue weighted by atomic mass is 16.5. The van der Waals surface area contributed by atoms with E-state index in [4.69, 9.17) is 18.9 Å². The fourth-order valence-corrected chi connectivity index (χ4v) is 4.50. The highest BCUT2D eigenvalue weighted by molar-refractivity contribution is 5.86. The summed E-state index contributed by atoms with van der Waals surface area (Å²) in [5, 5.41) is 1.53. The predicted molar refractivity (Wildman–Crippen MR) is 152 cm³/mol. The van der Waals surface area contributed by atoms with Crippen LogP contribution in [0.4, 0.5) is 0 Å². The van der Waals surface area contributed by atoms with Gasteiger partial charge in [-0.2, -0.15) is 0 Å². The van der Waals surface area contributed by atoms with Crippen molar-refractivity contribution in [3.8, 4) is 34.3 Å². The van der Waals surface area contributed by atoms with E-state index in [1.165, 1.54) is 5.56 Å². The summed E-state index contributed by atoms with van der Waals surface area (Å²) in [5.41, 5.74) is 2.99. The first kappa shape index (κ1) is 27.1. The van der Waals surface area contributed by atoms with Crippen molar-refractivity contribution in [1.29, 1.82) is 0 Å². The van der Waals surface area contributed by atoms with Crippen LogP contribution in [0.15, 0.2) is 71.5 Å².